The highest BCUT2D eigenvalue weighted by atomic mass is 28.4. The van der Waals surface area contributed by atoms with Crippen molar-refractivity contribution in [2.75, 3.05) is 0 Å². The van der Waals surface area contributed by atoms with Crippen molar-refractivity contribution >= 4 is 25.2 Å². The van der Waals surface area contributed by atoms with E-state index in [4.69, 9.17) is 13.9 Å². The largest absolute Gasteiger partial charge is 0.542 e. The molecule has 1 aliphatic rings. The van der Waals surface area contributed by atoms with Gasteiger partial charge in [-0.2, -0.15) is 0 Å². The maximum atomic E-state index is 11.7. The quantitative estimate of drug-likeness (QED) is 0.183. The first-order valence-corrected chi connectivity index (χ1v) is 17.2. The van der Waals surface area contributed by atoms with Crippen LogP contribution in [0.1, 0.15) is 86.3 Å². The molecule has 3 aromatic carbocycles. The predicted octanol–water partition coefficient (Wildman–Crippen LogP) is 10.6. The van der Waals surface area contributed by atoms with E-state index in [0.29, 0.717) is 34.4 Å². The third kappa shape index (κ3) is 6.35. The van der Waals surface area contributed by atoms with Gasteiger partial charge in [0.25, 0.3) is 8.32 Å². The Balaban J connectivity index is 1.86. The lowest BCUT2D eigenvalue weighted by atomic mass is 9.92. The summed E-state index contributed by atoms with van der Waals surface area (Å²) in [6.45, 7) is 20.4. The van der Waals surface area contributed by atoms with Crippen LogP contribution < -0.4 is 13.9 Å². The molecule has 5 heteroatoms. The number of hydrogen-bond acceptors (Lipinski definition) is 4. The molecule has 3 aromatic rings. The Morgan fingerprint density at radius 2 is 1.61 bits per heavy atom. The molecule has 0 saturated carbocycles. The molecule has 0 amide bonds. The molecular weight excluding hydrogens is 524 g/mol. The monoisotopic (exact) mass is 572 g/mol. The zero-order chi connectivity index (χ0) is 29.9. The van der Waals surface area contributed by atoms with E-state index in [1.807, 2.05) is 48.5 Å². The summed E-state index contributed by atoms with van der Waals surface area (Å²) < 4.78 is 20.1. The fraction of sp³-hybridized carbons (Fsp3) is 0.444. The number of fused-ring (bicyclic) bond motifs is 3. The van der Waals surface area contributed by atoms with E-state index < -0.39 is 13.9 Å². The lowest BCUT2D eigenvalue weighted by Gasteiger charge is -2.42. The number of phenolic OH excluding ortho intramolecular Hbond substituents is 1. The molecule has 220 valence electrons. The molecule has 4 nitrogen and oxygen atoms in total. The minimum Gasteiger partial charge on any atom is -0.542 e. The Hall–Kier alpha value is -3.18. The molecule has 0 spiro atoms. The molecule has 0 unspecified atom stereocenters. The number of benzene rings is 3. The van der Waals surface area contributed by atoms with Crippen molar-refractivity contribution in [1.82, 2.24) is 0 Å². The van der Waals surface area contributed by atoms with Crippen LogP contribution >= 0.6 is 0 Å². The van der Waals surface area contributed by atoms with Crippen LogP contribution in [0.15, 0.2) is 66.3 Å². The second-order valence-electron chi connectivity index (χ2n) is 12.9. The summed E-state index contributed by atoms with van der Waals surface area (Å²) in [4.78, 5) is 0. The number of rotatable bonds is 11. The van der Waals surface area contributed by atoms with Gasteiger partial charge in [-0.1, -0.05) is 89.6 Å². The van der Waals surface area contributed by atoms with E-state index in [1.54, 1.807) is 0 Å². The Morgan fingerprint density at radius 1 is 0.951 bits per heavy atom. The summed E-state index contributed by atoms with van der Waals surface area (Å²) in [5.41, 5.74) is 4.00. The molecule has 0 aromatic heterocycles. The summed E-state index contributed by atoms with van der Waals surface area (Å²) in [5, 5.41) is 13.3. The Labute approximate surface area is 248 Å². The molecule has 1 atom stereocenters. The fourth-order valence-corrected chi connectivity index (χ4v) is 11.8. The fourth-order valence-electron chi connectivity index (χ4n) is 6.50. The van der Waals surface area contributed by atoms with Gasteiger partial charge in [0, 0.05) is 22.4 Å². The topological polar surface area (TPSA) is 47.9 Å². The number of hydrogen-bond donors (Lipinski definition) is 1. The molecule has 0 fully saturated rings. The molecule has 1 aliphatic heterocycles. The van der Waals surface area contributed by atoms with Crippen LogP contribution in [0.3, 0.4) is 0 Å². The first kappa shape index (κ1) is 30.8. The average molecular weight is 573 g/mol. The van der Waals surface area contributed by atoms with Gasteiger partial charge in [0.2, 0.25) is 0 Å². The smallest absolute Gasteiger partial charge is 0.258 e. The van der Waals surface area contributed by atoms with Crippen LogP contribution in [0.4, 0.5) is 0 Å². The summed E-state index contributed by atoms with van der Waals surface area (Å²) >= 11 is 0. The van der Waals surface area contributed by atoms with Gasteiger partial charge < -0.3 is 19.0 Å². The number of ether oxygens (including phenoxy) is 2. The summed E-state index contributed by atoms with van der Waals surface area (Å²) in [6.07, 6.45) is 8.29. The van der Waals surface area contributed by atoms with Crippen molar-refractivity contribution in [1.29, 1.82) is 0 Å². The zero-order valence-corrected chi connectivity index (χ0v) is 27.4. The van der Waals surface area contributed by atoms with Crippen molar-refractivity contribution in [3.63, 3.8) is 0 Å². The van der Waals surface area contributed by atoms with Gasteiger partial charge in [-0.05, 0) is 74.0 Å². The van der Waals surface area contributed by atoms with Crippen molar-refractivity contribution in [2.45, 2.75) is 104 Å². The van der Waals surface area contributed by atoms with Gasteiger partial charge in [0.15, 0.2) is 11.5 Å². The number of aromatic hydroxyl groups is 1. The van der Waals surface area contributed by atoms with Crippen molar-refractivity contribution in [3.8, 4) is 23.0 Å². The molecule has 41 heavy (non-hydrogen) atoms. The third-order valence-corrected chi connectivity index (χ3v) is 14.6. The minimum atomic E-state index is -2.29. The van der Waals surface area contributed by atoms with Crippen LogP contribution in [-0.4, -0.2) is 19.0 Å². The molecule has 0 aliphatic carbocycles. The van der Waals surface area contributed by atoms with E-state index in [1.165, 1.54) is 5.57 Å². The van der Waals surface area contributed by atoms with Crippen molar-refractivity contribution in [2.24, 2.45) is 0 Å². The molecule has 1 N–H and O–H groups in total. The normalized spacial score (nSPS) is 16.7. The van der Waals surface area contributed by atoms with Crippen LogP contribution in [0.25, 0.3) is 16.8 Å². The highest BCUT2D eigenvalue weighted by Crippen LogP contribution is 2.50. The predicted molar refractivity (Wildman–Crippen MR) is 175 cm³/mol. The summed E-state index contributed by atoms with van der Waals surface area (Å²) in [5.74, 6) is 2.08. The minimum absolute atomic E-state index is 0.118. The van der Waals surface area contributed by atoms with Crippen LogP contribution in [0.5, 0.6) is 23.0 Å². The van der Waals surface area contributed by atoms with Gasteiger partial charge in [0.05, 0.1) is 0 Å². The van der Waals surface area contributed by atoms with E-state index in [-0.39, 0.29) is 5.75 Å². The third-order valence-electron chi connectivity index (χ3n) is 8.57. The van der Waals surface area contributed by atoms with E-state index in [0.717, 1.165) is 40.9 Å². The van der Waals surface area contributed by atoms with Crippen molar-refractivity contribution in [3.05, 3.63) is 77.4 Å². The highest BCUT2D eigenvalue weighted by Gasteiger charge is 2.47. The second-order valence-corrected chi connectivity index (χ2v) is 18.3. The first-order valence-electron chi connectivity index (χ1n) is 15.1. The lowest BCUT2D eigenvalue weighted by Crippen LogP contribution is -2.50. The van der Waals surface area contributed by atoms with Crippen LogP contribution in [0.2, 0.25) is 16.6 Å². The summed E-state index contributed by atoms with van der Waals surface area (Å²) in [7, 11) is -2.29. The molecule has 0 radical (unpaired) electrons. The molecule has 4 rings (SSSR count). The molecular formula is C36H48O4Si. The van der Waals surface area contributed by atoms with Crippen molar-refractivity contribution < 1.29 is 19.0 Å². The second kappa shape index (κ2) is 12.4. The lowest BCUT2D eigenvalue weighted by molar-refractivity contribution is 0.129. The first-order chi connectivity index (χ1) is 19.4. The van der Waals surface area contributed by atoms with Gasteiger partial charge in [-0.25, -0.2) is 0 Å². The highest BCUT2D eigenvalue weighted by molar-refractivity contribution is 6.78. The molecule has 0 saturated heterocycles. The van der Waals surface area contributed by atoms with Gasteiger partial charge in [0.1, 0.15) is 23.7 Å². The number of phenols is 1. The van der Waals surface area contributed by atoms with E-state index in [2.05, 4.69) is 80.5 Å². The zero-order valence-electron chi connectivity index (χ0n) is 26.4. The van der Waals surface area contributed by atoms with E-state index in [9.17, 15) is 5.11 Å². The van der Waals surface area contributed by atoms with E-state index >= 15 is 0 Å². The maximum absolute atomic E-state index is 11.7. The van der Waals surface area contributed by atoms with Crippen LogP contribution in [-0.2, 0) is 6.61 Å². The van der Waals surface area contributed by atoms with Gasteiger partial charge >= 0.3 is 0 Å². The number of allylic oxidation sites excluding steroid dienone is 2. The molecule has 1 heterocycles. The summed E-state index contributed by atoms with van der Waals surface area (Å²) in [6, 6.07) is 16.0. The Morgan fingerprint density at radius 3 is 2.22 bits per heavy atom. The maximum Gasteiger partial charge on any atom is 0.258 e. The Kier molecular flexibility index (Phi) is 9.28. The Bertz CT molecular complexity index is 1390. The van der Waals surface area contributed by atoms with Gasteiger partial charge in [-0.3, -0.25) is 0 Å². The van der Waals surface area contributed by atoms with Crippen LogP contribution in [0, 0.1) is 0 Å². The molecule has 0 bridgehead atoms. The standard InChI is InChI=1S/C36H48O4Si/c1-24(2)14-13-20-36(9)21-19-30-31(39-36)18-17-29-32(40-41(25(3)4,26(5)6)27(7)8)22-33(35(37)34(29)30)38-23-28-15-11-10-12-16-28/h10-12,14-19,21-22,25-27,37H,13,20,23H2,1-9H3/t36-/m1/s1. The average Bonchev–Trinajstić information content (AvgIpc) is 2.91. The SMILES string of the molecule is CC(C)=CCC[C@]1(C)C=Cc2c(ccc3c(O[Si](C(C)C)(C(C)C)C(C)C)cc(OCc4ccccc4)c(O)c23)O1. The van der Waals surface area contributed by atoms with Gasteiger partial charge in [-0.15, -0.1) is 0 Å².